The van der Waals surface area contributed by atoms with Gasteiger partial charge in [0.1, 0.15) is 10.7 Å². The molecule has 0 amide bonds. The smallest absolute Gasteiger partial charge is 0.308 e. The summed E-state index contributed by atoms with van der Waals surface area (Å²) >= 11 is 5.89. The highest BCUT2D eigenvalue weighted by Gasteiger charge is 2.16. The van der Waals surface area contributed by atoms with Crippen LogP contribution in [0, 0.1) is 0 Å². The van der Waals surface area contributed by atoms with Crippen molar-refractivity contribution in [3.63, 3.8) is 0 Å². The third kappa shape index (κ3) is 4.51. The van der Waals surface area contributed by atoms with Crippen LogP contribution in [-0.2, 0) is 9.79 Å². The lowest BCUT2D eigenvalue weighted by atomic mass is 10.1. The Bertz CT molecular complexity index is 330. The van der Waals surface area contributed by atoms with E-state index < -0.39 is 5.00 Å². The number of alkyl halides is 1. The first-order valence-electron chi connectivity index (χ1n) is 4.16. The number of rotatable bonds is 2. The molecule has 0 aromatic heterocycles. The van der Waals surface area contributed by atoms with Crippen LogP contribution in [0.4, 0.5) is 0 Å². The lowest BCUT2D eigenvalue weighted by Gasteiger charge is -2.16. The van der Waals surface area contributed by atoms with Crippen LogP contribution < -0.4 is 10.5 Å². The Hall–Kier alpha value is -0.770. The number of hydrogen-bond acceptors (Lipinski definition) is 3. The number of esters is 1. The molecule has 0 saturated carbocycles. The van der Waals surface area contributed by atoms with Crippen molar-refractivity contribution in [3.8, 4) is 5.75 Å². The van der Waals surface area contributed by atoms with Gasteiger partial charge in [-0.15, -0.1) is 12.4 Å². The van der Waals surface area contributed by atoms with E-state index in [0.29, 0.717) is 5.75 Å². The summed E-state index contributed by atoms with van der Waals surface area (Å²) in [6, 6.07) is 6.77. The van der Waals surface area contributed by atoms with Crippen LogP contribution in [0.1, 0.15) is 19.4 Å². The van der Waals surface area contributed by atoms with E-state index in [2.05, 4.69) is 0 Å². The topological polar surface area (TPSA) is 52.3 Å². The van der Waals surface area contributed by atoms with E-state index in [4.69, 9.17) is 22.1 Å². The molecule has 84 valence electrons. The minimum atomic E-state index is -0.894. The second-order valence-electron chi connectivity index (χ2n) is 3.19. The van der Waals surface area contributed by atoms with Crippen molar-refractivity contribution < 1.29 is 9.53 Å². The van der Waals surface area contributed by atoms with Crippen LogP contribution in [0.5, 0.6) is 5.75 Å². The number of nitrogens with two attached hydrogens (primary N) is 1. The molecule has 0 aliphatic heterocycles. The maximum atomic E-state index is 10.6. The van der Waals surface area contributed by atoms with Gasteiger partial charge in [-0.05, 0) is 24.6 Å². The summed E-state index contributed by atoms with van der Waals surface area (Å²) in [4.78, 5) is 9.73. The fraction of sp³-hybridized carbons (Fsp3) is 0.300. The third-order valence-corrected chi connectivity index (χ3v) is 1.90. The molecule has 1 rings (SSSR count). The summed E-state index contributed by atoms with van der Waals surface area (Å²) in [5, 5.41) is 0. The van der Waals surface area contributed by atoms with Crippen molar-refractivity contribution in [3.05, 3.63) is 29.8 Å². The van der Waals surface area contributed by atoms with Crippen molar-refractivity contribution in [2.24, 2.45) is 5.73 Å². The SMILES string of the molecule is CC(=O)Oc1ccc(C(C)(N)Cl)cc1.Cl. The molecule has 0 aliphatic carbocycles. The molecule has 2 N–H and O–H groups in total. The second kappa shape index (κ2) is 5.35. The van der Waals surface area contributed by atoms with Gasteiger partial charge in [0.05, 0.1) is 0 Å². The van der Waals surface area contributed by atoms with Gasteiger partial charge >= 0.3 is 5.97 Å². The van der Waals surface area contributed by atoms with E-state index in [-0.39, 0.29) is 18.4 Å². The molecule has 15 heavy (non-hydrogen) atoms. The van der Waals surface area contributed by atoms with Gasteiger partial charge in [-0.2, -0.15) is 0 Å². The highest BCUT2D eigenvalue weighted by atomic mass is 35.5. The van der Waals surface area contributed by atoms with Gasteiger partial charge in [0, 0.05) is 6.92 Å². The Balaban J connectivity index is 0.00000196. The fourth-order valence-electron chi connectivity index (χ4n) is 1.01. The molecule has 1 unspecified atom stereocenters. The number of hydrogen-bond donors (Lipinski definition) is 1. The molecule has 0 spiro atoms. The summed E-state index contributed by atoms with van der Waals surface area (Å²) in [6.45, 7) is 3.04. The van der Waals surface area contributed by atoms with Gasteiger partial charge in [0.25, 0.3) is 0 Å². The van der Waals surface area contributed by atoms with Crippen molar-refractivity contribution in [2.45, 2.75) is 18.8 Å². The summed E-state index contributed by atoms with van der Waals surface area (Å²) in [5.74, 6) is 0.140. The standard InChI is InChI=1S/C10H12ClNO2.ClH/c1-7(13)14-9-5-3-8(4-6-9)10(2,11)12;/h3-6H,12H2,1-2H3;1H. The van der Waals surface area contributed by atoms with Crippen molar-refractivity contribution >= 4 is 30.0 Å². The largest absolute Gasteiger partial charge is 0.427 e. The average Bonchev–Trinajstić information content (AvgIpc) is 2.02. The van der Waals surface area contributed by atoms with E-state index in [9.17, 15) is 4.79 Å². The minimum absolute atomic E-state index is 0. The number of carbonyl (C=O) groups excluding carboxylic acids is 1. The Labute approximate surface area is 100.0 Å². The van der Waals surface area contributed by atoms with Crippen molar-refractivity contribution in [1.82, 2.24) is 0 Å². The number of carbonyl (C=O) groups is 1. The number of ether oxygens (including phenoxy) is 1. The van der Waals surface area contributed by atoms with Crippen LogP contribution in [0.2, 0.25) is 0 Å². The van der Waals surface area contributed by atoms with Crippen LogP contribution in [0.3, 0.4) is 0 Å². The highest BCUT2D eigenvalue weighted by Crippen LogP contribution is 2.24. The van der Waals surface area contributed by atoms with Crippen LogP contribution in [0.15, 0.2) is 24.3 Å². The first kappa shape index (κ1) is 14.2. The zero-order valence-corrected chi connectivity index (χ0v) is 10.1. The summed E-state index contributed by atoms with van der Waals surface area (Å²) in [5.41, 5.74) is 6.44. The van der Waals surface area contributed by atoms with Gasteiger partial charge in [0.2, 0.25) is 0 Å². The molecule has 0 radical (unpaired) electrons. The Kier molecular flexibility index (Phi) is 5.08. The zero-order chi connectivity index (χ0) is 10.8. The molecule has 0 aliphatic rings. The van der Waals surface area contributed by atoms with Crippen LogP contribution in [0.25, 0.3) is 0 Å². The van der Waals surface area contributed by atoms with E-state index >= 15 is 0 Å². The monoisotopic (exact) mass is 249 g/mol. The molecule has 0 heterocycles. The van der Waals surface area contributed by atoms with Gasteiger partial charge in [-0.1, -0.05) is 23.7 Å². The Morgan fingerprint density at radius 2 is 1.87 bits per heavy atom. The van der Waals surface area contributed by atoms with Gasteiger partial charge in [-0.3, -0.25) is 4.79 Å². The maximum Gasteiger partial charge on any atom is 0.308 e. The van der Waals surface area contributed by atoms with E-state index in [0.717, 1.165) is 5.56 Å². The van der Waals surface area contributed by atoms with E-state index in [1.807, 2.05) is 0 Å². The molecule has 1 aromatic carbocycles. The van der Waals surface area contributed by atoms with Crippen molar-refractivity contribution in [2.75, 3.05) is 0 Å². The van der Waals surface area contributed by atoms with Gasteiger partial charge < -0.3 is 10.5 Å². The van der Waals surface area contributed by atoms with Crippen molar-refractivity contribution in [1.29, 1.82) is 0 Å². The quantitative estimate of drug-likeness (QED) is 0.379. The molecule has 0 saturated heterocycles. The normalized spacial score (nSPS) is 13.6. The molecular weight excluding hydrogens is 237 g/mol. The minimum Gasteiger partial charge on any atom is -0.427 e. The van der Waals surface area contributed by atoms with E-state index in [1.54, 1.807) is 31.2 Å². The summed E-state index contributed by atoms with van der Waals surface area (Å²) in [7, 11) is 0. The molecule has 5 heteroatoms. The molecule has 3 nitrogen and oxygen atoms in total. The maximum absolute atomic E-state index is 10.6. The third-order valence-electron chi connectivity index (χ3n) is 1.68. The average molecular weight is 250 g/mol. The van der Waals surface area contributed by atoms with Gasteiger partial charge in [-0.25, -0.2) is 0 Å². The first-order chi connectivity index (χ1) is 6.39. The lowest BCUT2D eigenvalue weighted by Crippen LogP contribution is -2.25. The summed E-state index contributed by atoms with van der Waals surface area (Å²) in [6.07, 6.45) is 0. The molecule has 0 bridgehead atoms. The van der Waals surface area contributed by atoms with Gasteiger partial charge in [0.15, 0.2) is 0 Å². The van der Waals surface area contributed by atoms with Crippen LogP contribution in [-0.4, -0.2) is 5.97 Å². The van der Waals surface area contributed by atoms with Crippen LogP contribution >= 0.6 is 24.0 Å². The highest BCUT2D eigenvalue weighted by molar-refractivity contribution is 6.23. The first-order valence-corrected chi connectivity index (χ1v) is 4.54. The summed E-state index contributed by atoms with van der Waals surface area (Å²) < 4.78 is 4.86. The molecule has 1 atom stereocenters. The fourth-order valence-corrected chi connectivity index (χ4v) is 1.14. The molecule has 1 aromatic rings. The number of halogens is 2. The molecule has 0 fully saturated rings. The second-order valence-corrected chi connectivity index (χ2v) is 3.98. The van der Waals surface area contributed by atoms with E-state index in [1.165, 1.54) is 6.92 Å². The predicted octanol–water partition coefficient (Wildman–Crippen LogP) is 2.40. The Morgan fingerprint density at radius 1 is 1.40 bits per heavy atom. The molecular formula is C10H13Cl2NO2. The Morgan fingerprint density at radius 3 is 2.20 bits per heavy atom. The zero-order valence-electron chi connectivity index (χ0n) is 8.49. The predicted molar refractivity (Wildman–Crippen MR) is 62.4 cm³/mol. The lowest BCUT2D eigenvalue weighted by molar-refractivity contribution is -0.131. The number of benzene rings is 1.